The van der Waals surface area contributed by atoms with E-state index < -0.39 is 0 Å². The normalized spacial score (nSPS) is 11.9. The maximum Gasteiger partial charge on any atom is 0.143 e. The Morgan fingerprint density at radius 1 is 1.00 bits per heavy atom. The smallest absolute Gasteiger partial charge is 0.143 e. The number of halogens is 1. The molecule has 0 radical (unpaired) electrons. The maximum atomic E-state index is 13.1. The zero-order chi connectivity index (χ0) is 21.1. The highest BCUT2D eigenvalue weighted by atomic mass is 19.1. The lowest BCUT2D eigenvalue weighted by atomic mass is 10.1. The monoisotopic (exact) mass is 402 g/mol. The van der Waals surface area contributed by atoms with Gasteiger partial charge in [-0.05, 0) is 61.4 Å². The van der Waals surface area contributed by atoms with Crippen LogP contribution in [0, 0.1) is 12.7 Å². The van der Waals surface area contributed by atoms with Crippen LogP contribution in [0.1, 0.15) is 24.2 Å². The molecule has 0 unspecified atom stereocenters. The first-order chi connectivity index (χ1) is 14.5. The van der Waals surface area contributed by atoms with Gasteiger partial charge < -0.3 is 14.6 Å². The molecule has 0 spiro atoms. The molecule has 30 heavy (non-hydrogen) atoms. The number of aromatic nitrogens is 3. The molecule has 1 N–H and O–H groups in total. The average Bonchev–Trinajstić information content (AvgIpc) is 3.20. The van der Waals surface area contributed by atoms with Crippen molar-refractivity contribution >= 4 is 5.82 Å². The minimum absolute atomic E-state index is 0.0157. The van der Waals surface area contributed by atoms with Crippen LogP contribution in [-0.2, 0) is 0 Å². The highest BCUT2D eigenvalue weighted by Crippen LogP contribution is 2.30. The molecule has 152 valence electrons. The van der Waals surface area contributed by atoms with Gasteiger partial charge in [-0.2, -0.15) is 0 Å². The number of nitrogens with zero attached hydrogens (tertiary/aromatic N) is 3. The van der Waals surface area contributed by atoms with Gasteiger partial charge in [0.1, 0.15) is 17.4 Å². The van der Waals surface area contributed by atoms with Gasteiger partial charge in [-0.3, -0.25) is 0 Å². The van der Waals surface area contributed by atoms with E-state index in [4.69, 9.17) is 4.74 Å². The predicted molar refractivity (Wildman–Crippen MR) is 117 cm³/mol. The molecule has 1 atom stereocenters. The first-order valence-corrected chi connectivity index (χ1v) is 9.71. The number of benzene rings is 2. The van der Waals surface area contributed by atoms with Crippen LogP contribution in [0.3, 0.4) is 0 Å². The fourth-order valence-corrected chi connectivity index (χ4v) is 3.33. The number of rotatable bonds is 6. The zero-order valence-electron chi connectivity index (χ0n) is 17.1. The Hall–Kier alpha value is -3.67. The molecule has 2 heterocycles. The topological polar surface area (TPSA) is 52.0 Å². The van der Waals surface area contributed by atoms with Crippen molar-refractivity contribution in [1.82, 2.24) is 14.5 Å². The molecule has 0 aliphatic heterocycles. The Bertz CT molecular complexity index is 1140. The molecule has 2 aromatic carbocycles. The number of anilines is 1. The number of hydrogen-bond acceptors (Lipinski definition) is 4. The van der Waals surface area contributed by atoms with Crippen LogP contribution in [0.2, 0.25) is 0 Å². The molecule has 0 aliphatic carbocycles. The fourth-order valence-electron chi connectivity index (χ4n) is 3.33. The van der Waals surface area contributed by atoms with Crippen molar-refractivity contribution in [2.24, 2.45) is 0 Å². The Labute approximate surface area is 175 Å². The van der Waals surface area contributed by atoms with Gasteiger partial charge in [0.15, 0.2) is 0 Å². The number of methoxy groups -OCH3 is 1. The van der Waals surface area contributed by atoms with Crippen LogP contribution >= 0.6 is 0 Å². The second-order valence-electron chi connectivity index (χ2n) is 7.16. The summed E-state index contributed by atoms with van der Waals surface area (Å²) >= 11 is 0. The molecule has 2 aromatic heterocycles. The van der Waals surface area contributed by atoms with E-state index in [1.807, 2.05) is 61.1 Å². The van der Waals surface area contributed by atoms with E-state index in [1.54, 1.807) is 25.6 Å². The zero-order valence-corrected chi connectivity index (χ0v) is 17.1. The lowest BCUT2D eigenvalue weighted by Crippen LogP contribution is -2.07. The third-order valence-corrected chi connectivity index (χ3v) is 5.00. The lowest BCUT2D eigenvalue weighted by molar-refractivity contribution is 0.413. The minimum atomic E-state index is -0.238. The van der Waals surface area contributed by atoms with Gasteiger partial charge in [0, 0.05) is 24.0 Å². The van der Waals surface area contributed by atoms with E-state index in [1.165, 1.54) is 12.1 Å². The Morgan fingerprint density at radius 3 is 2.40 bits per heavy atom. The first kappa shape index (κ1) is 19.6. The number of hydrogen-bond donors (Lipinski definition) is 1. The third-order valence-electron chi connectivity index (χ3n) is 5.00. The number of imidazole rings is 1. The minimum Gasteiger partial charge on any atom is -0.495 e. The molecule has 0 bridgehead atoms. The molecule has 0 aliphatic rings. The van der Waals surface area contributed by atoms with Crippen LogP contribution in [0.5, 0.6) is 5.75 Å². The first-order valence-electron chi connectivity index (χ1n) is 9.71. The fraction of sp³-hybridized carbons (Fsp3) is 0.167. The molecule has 0 saturated carbocycles. The van der Waals surface area contributed by atoms with E-state index >= 15 is 0 Å². The van der Waals surface area contributed by atoms with E-state index in [0.717, 1.165) is 39.6 Å². The molecular formula is C24H23FN4O. The summed E-state index contributed by atoms with van der Waals surface area (Å²) in [6, 6.07) is 16.5. The van der Waals surface area contributed by atoms with Crippen molar-refractivity contribution in [1.29, 1.82) is 0 Å². The number of pyridine rings is 1. The van der Waals surface area contributed by atoms with Crippen molar-refractivity contribution in [3.63, 3.8) is 0 Å². The largest absolute Gasteiger partial charge is 0.495 e. The van der Waals surface area contributed by atoms with Crippen molar-refractivity contribution in [3.8, 4) is 22.6 Å². The number of aryl methyl sites for hydroxylation is 1. The summed E-state index contributed by atoms with van der Waals surface area (Å²) in [5.74, 6) is 1.28. The molecule has 0 amide bonds. The highest BCUT2D eigenvalue weighted by molar-refractivity contribution is 5.68. The van der Waals surface area contributed by atoms with Crippen molar-refractivity contribution < 1.29 is 9.13 Å². The van der Waals surface area contributed by atoms with Crippen LogP contribution in [0.4, 0.5) is 10.2 Å². The summed E-state index contributed by atoms with van der Waals surface area (Å²) in [6.45, 7) is 3.97. The second kappa shape index (κ2) is 8.37. The van der Waals surface area contributed by atoms with Crippen molar-refractivity contribution in [2.45, 2.75) is 19.9 Å². The highest BCUT2D eigenvalue weighted by Gasteiger charge is 2.10. The van der Waals surface area contributed by atoms with E-state index in [9.17, 15) is 4.39 Å². The Balaban J connectivity index is 1.53. The summed E-state index contributed by atoms with van der Waals surface area (Å²) in [5.41, 5.74) is 4.88. The second-order valence-corrected chi connectivity index (χ2v) is 7.16. The maximum absolute atomic E-state index is 13.1. The van der Waals surface area contributed by atoms with Crippen LogP contribution in [0.25, 0.3) is 16.8 Å². The van der Waals surface area contributed by atoms with E-state index in [2.05, 4.69) is 15.3 Å². The van der Waals surface area contributed by atoms with Gasteiger partial charge in [0.2, 0.25) is 0 Å². The van der Waals surface area contributed by atoms with Gasteiger partial charge in [-0.15, -0.1) is 0 Å². The summed E-state index contributed by atoms with van der Waals surface area (Å²) in [4.78, 5) is 8.82. The van der Waals surface area contributed by atoms with Crippen LogP contribution in [-0.4, -0.2) is 21.6 Å². The van der Waals surface area contributed by atoms with Gasteiger partial charge in [-0.25, -0.2) is 14.4 Å². The summed E-state index contributed by atoms with van der Waals surface area (Å²) in [7, 11) is 1.66. The van der Waals surface area contributed by atoms with Gasteiger partial charge in [0.05, 0.1) is 24.8 Å². The molecule has 4 aromatic rings. The quantitative estimate of drug-likeness (QED) is 0.458. The summed E-state index contributed by atoms with van der Waals surface area (Å²) in [6.07, 6.45) is 5.56. The summed E-state index contributed by atoms with van der Waals surface area (Å²) in [5, 5.41) is 3.34. The lowest BCUT2D eigenvalue weighted by Gasteiger charge is -2.15. The number of nitrogens with one attached hydrogen (secondary N) is 1. The molecule has 6 heteroatoms. The predicted octanol–water partition coefficient (Wildman–Crippen LogP) is 5.56. The van der Waals surface area contributed by atoms with Gasteiger partial charge in [-0.1, -0.05) is 18.2 Å². The molecule has 0 fully saturated rings. The molecular weight excluding hydrogens is 379 g/mol. The Kier molecular flexibility index (Phi) is 5.48. The van der Waals surface area contributed by atoms with Crippen molar-refractivity contribution in [2.75, 3.05) is 12.4 Å². The van der Waals surface area contributed by atoms with E-state index in [0.29, 0.717) is 0 Å². The van der Waals surface area contributed by atoms with Crippen LogP contribution in [0.15, 0.2) is 73.3 Å². The van der Waals surface area contributed by atoms with Gasteiger partial charge >= 0.3 is 0 Å². The van der Waals surface area contributed by atoms with Crippen LogP contribution < -0.4 is 10.1 Å². The number of ether oxygens (including phenoxy) is 1. The standard InChI is InChI=1S/C24H23FN4O/c1-16-14-29(15-27-16)22-10-6-19(12-23(22)30-3)20-7-11-24(26-13-20)28-17(2)18-4-8-21(25)9-5-18/h4-15,17H,1-3H3,(H,26,28)/t17-/m0/s1. The summed E-state index contributed by atoms with van der Waals surface area (Å²) < 4.78 is 20.7. The molecule has 5 nitrogen and oxygen atoms in total. The SMILES string of the molecule is COc1cc(-c2ccc(N[C@@H](C)c3ccc(F)cc3)nc2)ccc1-n1cnc(C)c1. The molecule has 0 saturated heterocycles. The third kappa shape index (κ3) is 4.17. The molecule has 4 rings (SSSR count). The average molecular weight is 402 g/mol. The Morgan fingerprint density at radius 2 is 1.77 bits per heavy atom. The van der Waals surface area contributed by atoms with Gasteiger partial charge in [0.25, 0.3) is 0 Å². The van der Waals surface area contributed by atoms with Crippen molar-refractivity contribution in [3.05, 3.63) is 90.4 Å². The van der Waals surface area contributed by atoms with E-state index in [-0.39, 0.29) is 11.9 Å².